The monoisotopic (exact) mass is 364 g/mol. The van der Waals surface area contributed by atoms with Gasteiger partial charge in [0.25, 0.3) is 0 Å². The van der Waals surface area contributed by atoms with E-state index < -0.39 is 5.41 Å². The summed E-state index contributed by atoms with van der Waals surface area (Å²) in [5, 5.41) is 0. The van der Waals surface area contributed by atoms with Crippen molar-refractivity contribution in [3.05, 3.63) is 59.2 Å². The number of hydrogen-bond donors (Lipinski definition) is 0. The van der Waals surface area contributed by atoms with E-state index in [1.54, 1.807) is 19.1 Å². The van der Waals surface area contributed by atoms with Gasteiger partial charge in [-0.25, -0.2) is 0 Å². The minimum absolute atomic E-state index is 0.0666. The van der Waals surface area contributed by atoms with Crippen LogP contribution in [-0.4, -0.2) is 44.0 Å². The summed E-state index contributed by atoms with van der Waals surface area (Å²) in [7, 11) is 3.43. The topological polar surface area (TPSA) is 49.9 Å². The minimum atomic E-state index is -0.653. The number of fused-ring (bicyclic) bond motifs is 2. The number of likely N-dealkylation sites (tertiary alicyclic amines) is 1. The van der Waals surface area contributed by atoms with Crippen molar-refractivity contribution in [1.29, 1.82) is 0 Å². The molecular weight excluding hydrogens is 340 g/mol. The van der Waals surface area contributed by atoms with Crippen LogP contribution in [0.25, 0.3) is 0 Å². The average molecular weight is 364 g/mol. The number of carbonyl (C=O) groups excluding carboxylic acids is 2. The molecule has 1 atom stereocenters. The SMILES string of the molecule is COc1ccc2c(c1)[C@]1(CCN(C(=O)Cc3ccccc3C)C1)C(=O)N2C. The number of amides is 2. The van der Waals surface area contributed by atoms with Gasteiger partial charge in [0, 0.05) is 25.8 Å². The lowest BCUT2D eigenvalue weighted by Gasteiger charge is -2.24. The predicted molar refractivity (Wildman–Crippen MR) is 104 cm³/mol. The van der Waals surface area contributed by atoms with Crippen LogP contribution in [0.3, 0.4) is 0 Å². The van der Waals surface area contributed by atoms with E-state index in [0.717, 1.165) is 28.1 Å². The Hall–Kier alpha value is -2.82. The van der Waals surface area contributed by atoms with Crippen LogP contribution in [0.15, 0.2) is 42.5 Å². The Kier molecular flexibility index (Phi) is 4.17. The molecule has 5 nitrogen and oxygen atoms in total. The van der Waals surface area contributed by atoms with Crippen molar-refractivity contribution in [2.75, 3.05) is 32.1 Å². The van der Waals surface area contributed by atoms with E-state index in [2.05, 4.69) is 0 Å². The Labute approximate surface area is 159 Å². The van der Waals surface area contributed by atoms with Gasteiger partial charge in [0.1, 0.15) is 5.75 Å². The quantitative estimate of drug-likeness (QED) is 0.841. The molecule has 2 aliphatic rings. The first kappa shape index (κ1) is 17.6. The number of methoxy groups -OCH3 is 1. The van der Waals surface area contributed by atoms with Gasteiger partial charge in [-0.05, 0) is 48.2 Å². The molecule has 1 spiro atoms. The fourth-order valence-corrected chi connectivity index (χ4v) is 4.36. The number of ether oxygens (including phenoxy) is 1. The largest absolute Gasteiger partial charge is 0.497 e. The summed E-state index contributed by atoms with van der Waals surface area (Å²) in [6, 6.07) is 13.7. The number of nitrogens with zero attached hydrogens (tertiary/aromatic N) is 2. The fourth-order valence-electron chi connectivity index (χ4n) is 4.36. The van der Waals surface area contributed by atoms with Gasteiger partial charge in [-0.2, -0.15) is 0 Å². The van der Waals surface area contributed by atoms with E-state index in [4.69, 9.17) is 4.74 Å². The molecule has 0 aromatic heterocycles. The molecule has 1 fully saturated rings. The van der Waals surface area contributed by atoms with Gasteiger partial charge in [-0.15, -0.1) is 0 Å². The number of rotatable bonds is 3. The van der Waals surface area contributed by atoms with Crippen molar-refractivity contribution in [3.63, 3.8) is 0 Å². The highest BCUT2D eigenvalue weighted by Crippen LogP contribution is 2.48. The summed E-state index contributed by atoms with van der Waals surface area (Å²) >= 11 is 0. The maximum absolute atomic E-state index is 13.1. The maximum Gasteiger partial charge on any atom is 0.239 e. The van der Waals surface area contributed by atoms with Crippen molar-refractivity contribution in [2.24, 2.45) is 0 Å². The number of aryl methyl sites for hydroxylation is 1. The molecule has 5 heteroatoms. The van der Waals surface area contributed by atoms with Crippen molar-refractivity contribution in [3.8, 4) is 5.75 Å². The first-order chi connectivity index (χ1) is 13.0. The van der Waals surface area contributed by atoms with Crippen LogP contribution in [-0.2, 0) is 21.4 Å². The van der Waals surface area contributed by atoms with Gasteiger partial charge in [-0.1, -0.05) is 24.3 Å². The molecule has 0 saturated carbocycles. The highest BCUT2D eigenvalue weighted by molar-refractivity contribution is 6.08. The highest BCUT2D eigenvalue weighted by atomic mass is 16.5. The Morgan fingerprint density at radius 3 is 2.74 bits per heavy atom. The third kappa shape index (κ3) is 2.69. The summed E-state index contributed by atoms with van der Waals surface area (Å²) < 4.78 is 5.37. The average Bonchev–Trinajstić information content (AvgIpc) is 3.21. The normalized spacial score (nSPS) is 21.1. The van der Waals surface area contributed by atoms with Crippen molar-refractivity contribution in [2.45, 2.75) is 25.2 Å². The number of likely N-dealkylation sites (N-methyl/N-ethyl adjacent to an activating group) is 1. The molecule has 0 radical (unpaired) electrons. The lowest BCUT2D eigenvalue weighted by Crippen LogP contribution is -2.42. The lowest BCUT2D eigenvalue weighted by atomic mass is 9.81. The molecule has 27 heavy (non-hydrogen) atoms. The summed E-state index contributed by atoms with van der Waals surface area (Å²) in [6.45, 7) is 3.05. The lowest BCUT2D eigenvalue weighted by molar-refractivity contribution is -0.130. The van der Waals surface area contributed by atoms with E-state index >= 15 is 0 Å². The van der Waals surface area contributed by atoms with Gasteiger partial charge in [0.2, 0.25) is 11.8 Å². The van der Waals surface area contributed by atoms with E-state index in [-0.39, 0.29) is 11.8 Å². The van der Waals surface area contributed by atoms with Crippen LogP contribution in [0.4, 0.5) is 5.69 Å². The molecule has 4 rings (SSSR count). The third-order valence-corrected chi connectivity index (χ3v) is 6.02. The van der Waals surface area contributed by atoms with E-state index in [9.17, 15) is 9.59 Å². The van der Waals surface area contributed by atoms with Gasteiger partial charge in [0.05, 0.1) is 18.9 Å². The zero-order valence-corrected chi connectivity index (χ0v) is 16.0. The van der Waals surface area contributed by atoms with Crippen molar-refractivity contribution >= 4 is 17.5 Å². The van der Waals surface area contributed by atoms with E-state index in [0.29, 0.717) is 25.9 Å². The Balaban J connectivity index is 1.61. The highest BCUT2D eigenvalue weighted by Gasteiger charge is 2.54. The fraction of sp³-hybridized carbons (Fsp3) is 0.364. The first-order valence-electron chi connectivity index (χ1n) is 9.25. The Morgan fingerprint density at radius 1 is 1.22 bits per heavy atom. The predicted octanol–water partition coefficient (Wildman–Crippen LogP) is 2.69. The molecule has 2 aromatic rings. The van der Waals surface area contributed by atoms with Crippen LogP contribution in [0, 0.1) is 6.92 Å². The zero-order chi connectivity index (χ0) is 19.2. The van der Waals surface area contributed by atoms with E-state index in [1.807, 2.05) is 54.3 Å². The van der Waals surface area contributed by atoms with Crippen LogP contribution in [0.5, 0.6) is 5.75 Å². The Morgan fingerprint density at radius 2 is 2.00 bits per heavy atom. The molecule has 1 saturated heterocycles. The molecule has 0 unspecified atom stereocenters. The second kappa shape index (κ2) is 6.41. The van der Waals surface area contributed by atoms with Crippen molar-refractivity contribution in [1.82, 2.24) is 4.90 Å². The van der Waals surface area contributed by atoms with Crippen LogP contribution < -0.4 is 9.64 Å². The maximum atomic E-state index is 13.1. The molecule has 140 valence electrons. The number of carbonyl (C=O) groups is 2. The van der Waals surface area contributed by atoms with Crippen LogP contribution in [0.1, 0.15) is 23.1 Å². The number of hydrogen-bond acceptors (Lipinski definition) is 3. The second-order valence-corrected chi connectivity index (χ2v) is 7.50. The van der Waals surface area contributed by atoms with Gasteiger partial charge in [-0.3, -0.25) is 9.59 Å². The summed E-state index contributed by atoms with van der Waals surface area (Å²) in [6.07, 6.45) is 1.02. The van der Waals surface area contributed by atoms with E-state index in [1.165, 1.54) is 0 Å². The summed E-state index contributed by atoms with van der Waals surface area (Å²) in [4.78, 5) is 29.6. The molecule has 0 aliphatic carbocycles. The van der Waals surface area contributed by atoms with Crippen molar-refractivity contribution < 1.29 is 14.3 Å². The first-order valence-corrected chi connectivity index (χ1v) is 9.25. The summed E-state index contributed by atoms with van der Waals surface area (Å²) in [5.74, 6) is 0.880. The molecule has 0 N–H and O–H groups in total. The smallest absolute Gasteiger partial charge is 0.239 e. The standard InChI is InChI=1S/C22H24N2O3/c1-15-6-4-5-7-16(15)12-20(25)24-11-10-22(14-24)18-13-17(27-3)8-9-19(18)23(2)21(22)26/h4-9,13H,10-12,14H2,1-3H3/t22-/m1/s1. The zero-order valence-electron chi connectivity index (χ0n) is 16.0. The Bertz CT molecular complexity index is 924. The van der Waals surface area contributed by atoms with Gasteiger partial charge in [0.15, 0.2) is 0 Å². The third-order valence-electron chi connectivity index (χ3n) is 6.02. The molecule has 2 aromatic carbocycles. The van der Waals surface area contributed by atoms with Gasteiger partial charge >= 0.3 is 0 Å². The minimum Gasteiger partial charge on any atom is -0.497 e. The molecular formula is C22H24N2O3. The molecule has 2 aliphatic heterocycles. The number of anilines is 1. The number of benzene rings is 2. The molecule has 2 amide bonds. The van der Waals surface area contributed by atoms with Gasteiger partial charge < -0.3 is 14.5 Å². The second-order valence-electron chi connectivity index (χ2n) is 7.50. The van der Waals surface area contributed by atoms with Crippen LogP contribution in [0.2, 0.25) is 0 Å². The summed E-state index contributed by atoms with van der Waals surface area (Å²) in [5.41, 5.74) is 3.39. The molecule has 0 bridgehead atoms. The van der Waals surface area contributed by atoms with Crippen LogP contribution >= 0.6 is 0 Å². The molecule has 2 heterocycles.